The van der Waals surface area contributed by atoms with Gasteiger partial charge in [0.2, 0.25) is 0 Å². The second-order valence-corrected chi connectivity index (χ2v) is 6.34. The number of rotatable bonds is 4. The van der Waals surface area contributed by atoms with E-state index in [1.165, 1.54) is 0 Å². The normalized spacial score (nSPS) is 14.8. The minimum Gasteiger partial charge on any atom is -0.381 e. The quantitative estimate of drug-likeness (QED) is 0.815. The Morgan fingerprint density at radius 3 is 2.44 bits per heavy atom. The van der Waals surface area contributed by atoms with Gasteiger partial charge in [0.15, 0.2) is 5.78 Å². The Morgan fingerprint density at radius 2 is 1.72 bits per heavy atom. The highest BCUT2D eigenvalue weighted by Gasteiger charge is 2.16. The van der Waals surface area contributed by atoms with Gasteiger partial charge in [-0.05, 0) is 49.2 Å². The van der Waals surface area contributed by atoms with E-state index in [1.807, 2.05) is 0 Å². The van der Waals surface area contributed by atoms with Crippen molar-refractivity contribution in [2.45, 2.75) is 18.9 Å². The van der Waals surface area contributed by atoms with Gasteiger partial charge in [-0.15, -0.1) is 0 Å². The summed E-state index contributed by atoms with van der Waals surface area (Å²) in [5.74, 6) is -0.120. The van der Waals surface area contributed by atoms with E-state index in [4.69, 9.17) is 16.3 Å². The molecule has 0 bridgehead atoms. The first-order chi connectivity index (χ1) is 12.1. The third kappa shape index (κ3) is 4.81. The van der Waals surface area contributed by atoms with Crippen LogP contribution in [-0.2, 0) is 4.74 Å². The van der Waals surface area contributed by atoms with E-state index < -0.39 is 0 Å². The Bertz CT molecular complexity index is 756. The zero-order valence-corrected chi connectivity index (χ0v) is 14.4. The third-order valence-corrected chi connectivity index (χ3v) is 4.30. The lowest BCUT2D eigenvalue weighted by atomic mass is 10.0. The van der Waals surface area contributed by atoms with Crippen molar-refractivity contribution in [3.05, 3.63) is 64.7 Å². The maximum absolute atomic E-state index is 12.5. The van der Waals surface area contributed by atoms with Gasteiger partial charge in [-0.3, -0.25) is 4.79 Å². The van der Waals surface area contributed by atoms with Crippen LogP contribution in [-0.4, -0.2) is 31.1 Å². The maximum atomic E-state index is 12.5. The zero-order chi connectivity index (χ0) is 17.6. The van der Waals surface area contributed by atoms with Crippen LogP contribution < -0.4 is 10.6 Å². The molecule has 0 saturated carbocycles. The molecule has 1 aliphatic rings. The van der Waals surface area contributed by atoms with Crippen molar-refractivity contribution in [1.82, 2.24) is 5.32 Å². The highest BCUT2D eigenvalue weighted by atomic mass is 35.5. The SMILES string of the molecule is O=C(Nc1cccc(C(=O)c2ccc(Cl)cc2)c1)NC1CCOCC1. The molecule has 0 unspecified atom stereocenters. The lowest BCUT2D eigenvalue weighted by molar-refractivity contribution is 0.0806. The number of carbonyl (C=O) groups is 2. The number of ether oxygens (including phenoxy) is 1. The largest absolute Gasteiger partial charge is 0.381 e. The number of hydrogen-bond donors (Lipinski definition) is 2. The molecule has 3 rings (SSSR count). The predicted molar refractivity (Wildman–Crippen MR) is 97.3 cm³/mol. The average molecular weight is 359 g/mol. The van der Waals surface area contributed by atoms with Crippen LogP contribution in [0.3, 0.4) is 0 Å². The Kier molecular flexibility index (Phi) is 5.68. The van der Waals surface area contributed by atoms with Crippen LogP contribution in [0.15, 0.2) is 48.5 Å². The maximum Gasteiger partial charge on any atom is 0.319 e. The second kappa shape index (κ2) is 8.14. The number of anilines is 1. The second-order valence-electron chi connectivity index (χ2n) is 5.90. The lowest BCUT2D eigenvalue weighted by Gasteiger charge is -2.23. The standard InChI is InChI=1S/C19H19ClN2O3/c20-15-6-4-13(5-7-15)18(23)14-2-1-3-17(12-14)22-19(24)21-16-8-10-25-11-9-16/h1-7,12,16H,8-11H2,(H2,21,22,24). The van der Waals surface area contributed by atoms with Crippen LogP contribution in [0.25, 0.3) is 0 Å². The van der Waals surface area contributed by atoms with Gasteiger partial charge in [-0.1, -0.05) is 23.7 Å². The number of nitrogens with one attached hydrogen (secondary N) is 2. The van der Waals surface area contributed by atoms with Gasteiger partial charge < -0.3 is 15.4 Å². The van der Waals surface area contributed by atoms with Crippen LogP contribution in [0.1, 0.15) is 28.8 Å². The third-order valence-electron chi connectivity index (χ3n) is 4.05. The topological polar surface area (TPSA) is 67.4 Å². The van der Waals surface area contributed by atoms with Gasteiger partial charge in [0.1, 0.15) is 0 Å². The molecule has 0 radical (unpaired) electrons. The summed E-state index contributed by atoms with van der Waals surface area (Å²) in [6.07, 6.45) is 1.62. The Hall–Kier alpha value is -2.37. The number of ketones is 1. The van der Waals surface area contributed by atoms with Crippen molar-refractivity contribution in [2.24, 2.45) is 0 Å². The van der Waals surface area contributed by atoms with E-state index in [9.17, 15) is 9.59 Å². The van der Waals surface area contributed by atoms with E-state index >= 15 is 0 Å². The Morgan fingerprint density at radius 1 is 1.00 bits per heavy atom. The van der Waals surface area contributed by atoms with E-state index in [0.29, 0.717) is 35.1 Å². The average Bonchev–Trinajstić information content (AvgIpc) is 2.63. The van der Waals surface area contributed by atoms with Gasteiger partial charge in [-0.2, -0.15) is 0 Å². The number of carbonyl (C=O) groups excluding carboxylic acids is 2. The molecule has 1 heterocycles. The highest BCUT2D eigenvalue weighted by molar-refractivity contribution is 6.30. The van der Waals surface area contributed by atoms with E-state index in [1.54, 1.807) is 48.5 Å². The molecule has 1 saturated heterocycles. The van der Waals surface area contributed by atoms with Crippen LogP contribution in [0.5, 0.6) is 0 Å². The molecule has 130 valence electrons. The minimum absolute atomic E-state index is 0.118. The predicted octanol–water partition coefficient (Wildman–Crippen LogP) is 3.87. The molecule has 6 heteroatoms. The van der Waals surface area contributed by atoms with Gasteiger partial charge in [0.25, 0.3) is 0 Å². The molecule has 1 aliphatic heterocycles. The fraction of sp³-hybridized carbons (Fsp3) is 0.263. The van der Waals surface area contributed by atoms with Gasteiger partial charge in [-0.25, -0.2) is 4.79 Å². The Labute approximate surface area is 151 Å². The molecular formula is C19H19ClN2O3. The lowest BCUT2D eigenvalue weighted by Crippen LogP contribution is -2.41. The fourth-order valence-electron chi connectivity index (χ4n) is 2.70. The smallest absolute Gasteiger partial charge is 0.319 e. The molecular weight excluding hydrogens is 340 g/mol. The van der Waals surface area contributed by atoms with Crippen molar-refractivity contribution in [2.75, 3.05) is 18.5 Å². The van der Waals surface area contributed by atoms with Gasteiger partial charge in [0.05, 0.1) is 0 Å². The van der Waals surface area contributed by atoms with Crippen molar-refractivity contribution >= 4 is 29.1 Å². The van der Waals surface area contributed by atoms with E-state index in [-0.39, 0.29) is 17.9 Å². The summed E-state index contributed by atoms with van der Waals surface area (Å²) >= 11 is 5.85. The first kappa shape index (κ1) is 17.5. The summed E-state index contributed by atoms with van der Waals surface area (Å²) in [5.41, 5.74) is 1.63. The van der Waals surface area contributed by atoms with Crippen LogP contribution in [0, 0.1) is 0 Å². The molecule has 0 aromatic heterocycles. The number of halogens is 1. The molecule has 2 N–H and O–H groups in total. The molecule has 0 spiro atoms. The number of benzene rings is 2. The summed E-state index contributed by atoms with van der Waals surface area (Å²) in [6, 6.07) is 13.5. The van der Waals surface area contributed by atoms with Crippen LogP contribution in [0.2, 0.25) is 5.02 Å². The monoisotopic (exact) mass is 358 g/mol. The van der Waals surface area contributed by atoms with Gasteiger partial charge in [0, 0.05) is 41.1 Å². The molecule has 5 nitrogen and oxygen atoms in total. The fourth-order valence-corrected chi connectivity index (χ4v) is 2.83. The summed E-state index contributed by atoms with van der Waals surface area (Å²) in [5, 5.41) is 6.29. The molecule has 2 amide bonds. The summed E-state index contributed by atoms with van der Waals surface area (Å²) in [4.78, 5) is 24.6. The van der Waals surface area contributed by atoms with Crippen molar-refractivity contribution < 1.29 is 14.3 Å². The van der Waals surface area contributed by atoms with Crippen LogP contribution in [0.4, 0.5) is 10.5 Å². The summed E-state index contributed by atoms with van der Waals surface area (Å²) in [7, 11) is 0. The molecule has 1 fully saturated rings. The highest BCUT2D eigenvalue weighted by Crippen LogP contribution is 2.17. The van der Waals surface area contributed by atoms with Crippen molar-refractivity contribution in [3.63, 3.8) is 0 Å². The minimum atomic E-state index is -0.275. The molecule has 25 heavy (non-hydrogen) atoms. The van der Waals surface area contributed by atoms with E-state index in [2.05, 4.69) is 10.6 Å². The summed E-state index contributed by atoms with van der Waals surface area (Å²) in [6.45, 7) is 1.33. The van der Waals surface area contributed by atoms with Gasteiger partial charge >= 0.3 is 6.03 Å². The zero-order valence-electron chi connectivity index (χ0n) is 13.6. The summed E-state index contributed by atoms with van der Waals surface area (Å²) < 4.78 is 5.27. The molecule has 2 aromatic rings. The first-order valence-electron chi connectivity index (χ1n) is 8.17. The van der Waals surface area contributed by atoms with E-state index in [0.717, 1.165) is 12.8 Å². The number of hydrogen-bond acceptors (Lipinski definition) is 3. The molecule has 2 aromatic carbocycles. The van der Waals surface area contributed by atoms with Crippen molar-refractivity contribution in [1.29, 1.82) is 0 Å². The van der Waals surface area contributed by atoms with Crippen molar-refractivity contribution in [3.8, 4) is 0 Å². The number of amides is 2. The molecule has 0 aliphatic carbocycles. The Balaban J connectivity index is 1.65. The first-order valence-corrected chi connectivity index (χ1v) is 8.55. The van der Waals surface area contributed by atoms with Crippen LogP contribution >= 0.6 is 11.6 Å². The number of urea groups is 1. The molecule has 0 atom stereocenters.